The second-order valence-corrected chi connectivity index (χ2v) is 6.60. The van der Waals surface area contributed by atoms with E-state index in [-0.39, 0.29) is 12.5 Å². The molecule has 1 fully saturated rings. The van der Waals surface area contributed by atoms with Crippen LogP contribution in [0.4, 0.5) is 17.5 Å². The van der Waals surface area contributed by atoms with Gasteiger partial charge in [-0.05, 0) is 31.4 Å². The number of hydrogen-bond donors (Lipinski definition) is 1. The molecule has 0 aliphatic carbocycles. The highest BCUT2D eigenvalue weighted by Gasteiger charge is 2.18. The van der Waals surface area contributed by atoms with E-state index in [4.69, 9.17) is 4.74 Å². The number of rotatable bonds is 6. The maximum atomic E-state index is 12.3. The molecule has 7 nitrogen and oxygen atoms in total. The molecule has 1 aromatic carbocycles. The average molecular weight is 355 g/mol. The number of benzene rings is 1. The topological polar surface area (TPSA) is 70.6 Å². The maximum absolute atomic E-state index is 12.3. The third-order valence-electron chi connectivity index (χ3n) is 4.29. The summed E-state index contributed by atoms with van der Waals surface area (Å²) in [5.74, 6) is 1.86. The van der Waals surface area contributed by atoms with Crippen LogP contribution in [0.15, 0.2) is 30.5 Å². The number of carbonyl (C=O) groups is 1. The van der Waals surface area contributed by atoms with E-state index in [2.05, 4.69) is 20.2 Å². The lowest BCUT2D eigenvalue weighted by atomic mass is 10.2. The molecule has 1 N–H and O–H groups in total. The molecule has 0 radical (unpaired) electrons. The van der Waals surface area contributed by atoms with Crippen LogP contribution in [0.2, 0.25) is 0 Å². The van der Waals surface area contributed by atoms with Gasteiger partial charge in [-0.25, -0.2) is 4.98 Å². The normalized spacial score (nSPS) is 13.6. The summed E-state index contributed by atoms with van der Waals surface area (Å²) in [5, 5.41) is 2.85. The molecule has 1 amide bonds. The van der Waals surface area contributed by atoms with Crippen LogP contribution in [-0.4, -0.2) is 49.7 Å². The van der Waals surface area contributed by atoms with Crippen LogP contribution in [0.5, 0.6) is 5.75 Å². The first-order valence-electron chi connectivity index (χ1n) is 8.82. The molecule has 7 heteroatoms. The van der Waals surface area contributed by atoms with Gasteiger partial charge in [-0.15, -0.1) is 0 Å². The Labute approximate surface area is 154 Å². The van der Waals surface area contributed by atoms with Gasteiger partial charge < -0.3 is 19.9 Å². The lowest BCUT2D eigenvalue weighted by Crippen LogP contribution is -2.25. The number of amides is 1. The van der Waals surface area contributed by atoms with Crippen molar-refractivity contribution in [1.82, 2.24) is 9.97 Å². The fourth-order valence-corrected chi connectivity index (χ4v) is 2.91. The Morgan fingerprint density at radius 1 is 1.27 bits per heavy atom. The Morgan fingerprint density at radius 2 is 2.00 bits per heavy atom. The molecular weight excluding hydrogens is 330 g/mol. The number of anilines is 3. The Balaban J connectivity index is 1.68. The summed E-state index contributed by atoms with van der Waals surface area (Å²) in [6.07, 6.45) is 3.99. The van der Waals surface area contributed by atoms with Crippen molar-refractivity contribution in [3.63, 3.8) is 0 Å². The summed E-state index contributed by atoms with van der Waals surface area (Å²) < 4.78 is 5.60. The number of nitrogens with one attached hydrogen (secondary N) is 1. The van der Waals surface area contributed by atoms with E-state index in [1.807, 2.05) is 50.2 Å². The van der Waals surface area contributed by atoms with Gasteiger partial charge in [0.25, 0.3) is 5.91 Å². The number of para-hydroxylation sites is 1. The first-order valence-corrected chi connectivity index (χ1v) is 8.82. The quantitative estimate of drug-likeness (QED) is 0.858. The smallest absolute Gasteiger partial charge is 0.262 e. The zero-order valence-electron chi connectivity index (χ0n) is 15.5. The summed E-state index contributed by atoms with van der Waals surface area (Å²) in [6, 6.07) is 7.62. The Morgan fingerprint density at radius 3 is 2.69 bits per heavy atom. The number of carbonyl (C=O) groups excluding carboxylic acids is 1. The minimum atomic E-state index is -0.242. The predicted molar refractivity (Wildman–Crippen MR) is 103 cm³/mol. The van der Waals surface area contributed by atoms with Crippen LogP contribution in [0.25, 0.3) is 0 Å². The van der Waals surface area contributed by atoms with Gasteiger partial charge in [-0.1, -0.05) is 18.2 Å². The van der Waals surface area contributed by atoms with Gasteiger partial charge >= 0.3 is 0 Å². The molecule has 2 aromatic rings. The summed E-state index contributed by atoms with van der Waals surface area (Å²) in [4.78, 5) is 25.4. The van der Waals surface area contributed by atoms with Gasteiger partial charge in [-0.3, -0.25) is 4.79 Å². The zero-order chi connectivity index (χ0) is 18.5. The average Bonchev–Trinajstić information content (AvgIpc) is 3.16. The highest BCUT2D eigenvalue weighted by molar-refractivity contribution is 5.94. The van der Waals surface area contributed by atoms with E-state index in [0.29, 0.717) is 23.2 Å². The molecule has 2 heterocycles. The fourth-order valence-electron chi connectivity index (χ4n) is 2.91. The molecule has 3 rings (SSSR count). The molecular formula is C19H25N5O2. The van der Waals surface area contributed by atoms with Crippen molar-refractivity contribution in [1.29, 1.82) is 0 Å². The zero-order valence-corrected chi connectivity index (χ0v) is 15.5. The Hall–Kier alpha value is -2.83. The van der Waals surface area contributed by atoms with Crippen molar-refractivity contribution in [2.75, 3.05) is 48.9 Å². The third-order valence-corrected chi connectivity index (χ3v) is 4.29. The second-order valence-electron chi connectivity index (χ2n) is 6.60. The molecule has 0 atom stereocenters. The van der Waals surface area contributed by atoms with Crippen molar-refractivity contribution < 1.29 is 9.53 Å². The first kappa shape index (κ1) is 18.0. The largest absolute Gasteiger partial charge is 0.483 e. The van der Waals surface area contributed by atoms with E-state index in [9.17, 15) is 4.79 Å². The van der Waals surface area contributed by atoms with E-state index in [0.717, 1.165) is 31.5 Å². The van der Waals surface area contributed by atoms with Crippen molar-refractivity contribution >= 4 is 23.4 Å². The molecule has 1 aliphatic heterocycles. The summed E-state index contributed by atoms with van der Waals surface area (Å²) in [7, 11) is 3.80. The van der Waals surface area contributed by atoms with Crippen molar-refractivity contribution in [2.24, 2.45) is 0 Å². The Bertz CT molecular complexity index is 772. The summed E-state index contributed by atoms with van der Waals surface area (Å²) in [5.41, 5.74) is 1.57. The van der Waals surface area contributed by atoms with Gasteiger partial charge in [0, 0.05) is 27.2 Å². The minimum absolute atomic E-state index is 0.0639. The van der Waals surface area contributed by atoms with Crippen molar-refractivity contribution in [3.05, 3.63) is 36.0 Å². The highest BCUT2D eigenvalue weighted by Crippen LogP contribution is 2.25. The van der Waals surface area contributed by atoms with Crippen LogP contribution in [0.1, 0.15) is 18.4 Å². The van der Waals surface area contributed by atoms with E-state index in [1.165, 1.54) is 0 Å². The van der Waals surface area contributed by atoms with Gasteiger partial charge in [0.05, 0.1) is 6.20 Å². The maximum Gasteiger partial charge on any atom is 0.262 e. The number of nitrogens with zero attached hydrogens (tertiary/aromatic N) is 4. The highest BCUT2D eigenvalue weighted by atomic mass is 16.5. The van der Waals surface area contributed by atoms with Crippen LogP contribution >= 0.6 is 0 Å². The van der Waals surface area contributed by atoms with Crippen LogP contribution in [0.3, 0.4) is 0 Å². The van der Waals surface area contributed by atoms with Crippen molar-refractivity contribution in [2.45, 2.75) is 19.8 Å². The Kier molecular flexibility index (Phi) is 5.55. The standard InChI is InChI=1S/C19H25N5O2/c1-14-8-4-5-9-16(14)26-13-17(25)21-15-12-20-19(22-18(15)23(2)3)24-10-6-7-11-24/h4-5,8-9,12H,6-7,10-11,13H2,1-3H3,(H,21,25). The molecule has 1 aromatic heterocycles. The summed E-state index contributed by atoms with van der Waals surface area (Å²) in [6.45, 7) is 3.83. The van der Waals surface area contributed by atoms with Gasteiger partial charge in [-0.2, -0.15) is 4.98 Å². The number of hydrogen-bond acceptors (Lipinski definition) is 6. The molecule has 1 saturated heterocycles. The fraction of sp³-hybridized carbons (Fsp3) is 0.421. The molecule has 0 spiro atoms. The van der Waals surface area contributed by atoms with Crippen LogP contribution < -0.4 is 19.9 Å². The number of aromatic nitrogens is 2. The second kappa shape index (κ2) is 8.03. The van der Waals surface area contributed by atoms with Gasteiger partial charge in [0.2, 0.25) is 5.95 Å². The van der Waals surface area contributed by atoms with E-state index < -0.39 is 0 Å². The predicted octanol–water partition coefficient (Wildman–Crippen LogP) is 2.47. The molecule has 0 saturated carbocycles. The van der Waals surface area contributed by atoms with Crippen LogP contribution in [-0.2, 0) is 4.79 Å². The van der Waals surface area contributed by atoms with Crippen LogP contribution in [0, 0.1) is 6.92 Å². The molecule has 1 aliphatic rings. The number of ether oxygens (including phenoxy) is 1. The molecule has 26 heavy (non-hydrogen) atoms. The van der Waals surface area contributed by atoms with Crippen molar-refractivity contribution in [3.8, 4) is 5.75 Å². The monoisotopic (exact) mass is 355 g/mol. The molecule has 138 valence electrons. The number of aryl methyl sites for hydroxylation is 1. The lowest BCUT2D eigenvalue weighted by molar-refractivity contribution is -0.118. The summed E-state index contributed by atoms with van der Waals surface area (Å²) >= 11 is 0. The SMILES string of the molecule is Cc1ccccc1OCC(=O)Nc1cnc(N2CCCC2)nc1N(C)C. The minimum Gasteiger partial charge on any atom is -0.483 e. The molecule has 0 bridgehead atoms. The van der Waals surface area contributed by atoms with E-state index >= 15 is 0 Å². The lowest BCUT2D eigenvalue weighted by Gasteiger charge is -2.21. The first-order chi connectivity index (χ1) is 12.5. The third kappa shape index (κ3) is 4.22. The van der Waals surface area contributed by atoms with Gasteiger partial charge in [0.1, 0.15) is 11.4 Å². The molecule has 0 unspecified atom stereocenters. The van der Waals surface area contributed by atoms with E-state index in [1.54, 1.807) is 6.20 Å². The van der Waals surface area contributed by atoms with Gasteiger partial charge in [0.15, 0.2) is 12.4 Å².